The Bertz CT molecular complexity index is 427. The van der Waals surface area contributed by atoms with Crippen molar-refractivity contribution in [3.05, 3.63) is 29.3 Å². The van der Waals surface area contributed by atoms with Gasteiger partial charge in [0.25, 0.3) is 0 Å². The van der Waals surface area contributed by atoms with Crippen LogP contribution in [0.2, 0.25) is 0 Å². The summed E-state index contributed by atoms with van der Waals surface area (Å²) < 4.78 is 10.8. The highest BCUT2D eigenvalue weighted by Crippen LogP contribution is 2.33. The quantitative estimate of drug-likeness (QED) is 0.907. The first-order chi connectivity index (χ1) is 9.36. The predicted octanol–water partition coefficient (Wildman–Crippen LogP) is 2.84. The molecular weight excluding hydrogens is 238 g/mol. The van der Waals surface area contributed by atoms with Crippen LogP contribution in [0.1, 0.15) is 42.9 Å². The molecule has 0 aromatic heterocycles. The summed E-state index contributed by atoms with van der Waals surface area (Å²) >= 11 is 0. The molecule has 1 N–H and O–H groups in total. The number of methoxy groups -OCH3 is 1. The minimum absolute atomic E-state index is 0.512. The van der Waals surface area contributed by atoms with E-state index < -0.39 is 0 Å². The maximum absolute atomic E-state index is 5.43. The van der Waals surface area contributed by atoms with Gasteiger partial charge in [-0.25, -0.2) is 0 Å². The van der Waals surface area contributed by atoms with Gasteiger partial charge in [-0.15, -0.1) is 0 Å². The number of benzene rings is 1. The number of fused-ring (bicyclic) bond motifs is 1. The molecule has 0 saturated carbocycles. The summed E-state index contributed by atoms with van der Waals surface area (Å²) in [5.74, 6) is 0.977. The first kappa shape index (κ1) is 12.9. The normalized spacial score (nSPS) is 23.9. The number of nitrogens with one attached hydrogen (secondary N) is 1. The topological polar surface area (TPSA) is 30.5 Å². The van der Waals surface area contributed by atoms with Gasteiger partial charge < -0.3 is 14.8 Å². The Kier molecular flexibility index (Phi) is 4.04. The van der Waals surface area contributed by atoms with Crippen LogP contribution in [0.25, 0.3) is 0 Å². The zero-order valence-corrected chi connectivity index (χ0v) is 11.7. The summed E-state index contributed by atoms with van der Waals surface area (Å²) in [7, 11) is 1.74. The van der Waals surface area contributed by atoms with Gasteiger partial charge in [-0.1, -0.05) is 6.07 Å². The van der Waals surface area contributed by atoms with Crippen LogP contribution in [0, 0.1) is 0 Å². The van der Waals surface area contributed by atoms with Crippen LogP contribution >= 0.6 is 0 Å². The van der Waals surface area contributed by atoms with Crippen molar-refractivity contribution in [3.63, 3.8) is 0 Å². The van der Waals surface area contributed by atoms with E-state index in [0.717, 1.165) is 31.8 Å². The van der Waals surface area contributed by atoms with Gasteiger partial charge in [0.2, 0.25) is 0 Å². The molecule has 0 radical (unpaired) electrons. The molecule has 1 heterocycles. The number of hydrogen-bond acceptors (Lipinski definition) is 3. The van der Waals surface area contributed by atoms with Crippen LogP contribution in [0.5, 0.6) is 5.75 Å². The summed E-state index contributed by atoms with van der Waals surface area (Å²) in [6.45, 7) is 1.81. The van der Waals surface area contributed by atoms with E-state index in [2.05, 4.69) is 23.5 Å². The third kappa shape index (κ3) is 2.93. The third-order valence-electron chi connectivity index (χ3n) is 4.32. The first-order valence-corrected chi connectivity index (χ1v) is 7.37. The minimum Gasteiger partial charge on any atom is -0.497 e. The Hall–Kier alpha value is -1.06. The molecule has 0 bridgehead atoms. The molecule has 1 aliphatic carbocycles. The zero-order valence-electron chi connectivity index (χ0n) is 11.7. The summed E-state index contributed by atoms with van der Waals surface area (Å²) in [6, 6.07) is 7.66. The van der Waals surface area contributed by atoms with Crippen molar-refractivity contribution in [2.24, 2.45) is 0 Å². The lowest BCUT2D eigenvalue weighted by atomic mass is 9.86. The lowest BCUT2D eigenvalue weighted by Crippen LogP contribution is -2.38. The average molecular weight is 261 g/mol. The number of hydrogen-bond donors (Lipinski definition) is 1. The van der Waals surface area contributed by atoms with E-state index in [1.165, 1.54) is 30.4 Å². The second kappa shape index (κ2) is 5.93. The Morgan fingerprint density at radius 3 is 2.84 bits per heavy atom. The van der Waals surface area contributed by atoms with Crippen molar-refractivity contribution < 1.29 is 9.47 Å². The summed E-state index contributed by atoms with van der Waals surface area (Å²) in [4.78, 5) is 0. The summed E-state index contributed by atoms with van der Waals surface area (Å²) in [5, 5.41) is 3.83. The van der Waals surface area contributed by atoms with E-state index in [-0.39, 0.29) is 0 Å². The average Bonchev–Trinajstić information content (AvgIpc) is 2.48. The van der Waals surface area contributed by atoms with E-state index in [1.54, 1.807) is 7.11 Å². The molecule has 104 valence electrons. The number of rotatable bonds is 3. The SMILES string of the molecule is COc1ccc2c(c1)CCCC2NC1CCOCC1. The lowest BCUT2D eigenvalue weighted by Gasteiger charge is -2.32. The maximum atomic E-state index is 5.43. The van der Waals surface area contributed by atoms with Crippen molar-refractivity contribution in [2.75, 3.05) is 20.3 Å². The third-order valence-corrected chi connectivity index (χ3v) is 4.32. The Balaban J connectivity index is 1.74. The van der Waals surface area contributed by atoms with Crippen LogP contribution in [0.15, 0.2) is 18.2 Å². The number of aryl methyl sites for hydroxylation is 1. The molecule has 0 spiro atoms. The van der Waals surface area contributed by atoms with Crippen molar-refractivity contribution >= 4 is 0 Å². The molecule has 3 heteroatoms. The molecule has 3 nitrogen and oxygen atoms in total. The highest BCUT2D eigenvalue weighted by Gasteiger charge is 2.24. The van der Waals surface area contributed by atoms with Crippen molar-refractivity contribution in [2.45, 2.75) is 44.2 Å². The fraction of sp³-hybridized carbons (Fsp3) is 0.625. The van der Waals surface area contributed by atoms with Gasteiger partial charge >= 0.3 is 0 Å². The first-order valence-electron chi connectivity index (χ1n) is 7.37. The van der Waals surface area contributed by atoms with Gasteiger partial charge in [0.15, 0.2) is 0 Å². The molecule has 1 aromatic rings. The Labute approximate surface area is 115 Å². The second-order valence-corrected chi connectivity index (χ2v) is 5.56. The summed E-state index contributed by atoms with van der Waals surface area (Å²) in [6.07, 6.45) is 5.97. The van der Waals surface area contributed by atoms with E-state index in [1.807, 2.05) is 0 Å². The van der Waals surface area contributed by atoms with Gasteiger partial charge in [0, 0.05) is 25.3 Å². The Morgan fingerprint density at radius 2 is 2.05 bits per heavy atom. The van der Waals surface area contributed by atoms with Crippen LogP contribution in [0.4, 0.5) is 0 Å². The minimum atomic E-state index is 0.512. The molecule has 1 aliphatic heterocycles. The second-order valence-electron chi connectivity index (χ2n) is 5.56. The van der Waals surface area contributed by atoms with Gasteiger partial charge in [0.1, 0.15) is 5.75 Å². The Morgan fingerprint density at radius 1 is 1.21 bits per heavy atom. The van der Waals surface area contributed by atoms with E-state index >= 15 is 0 Å². The van der Waals surface area contributed by atoms with Gasteiger partial charge in [-0.3, -0.25) is 0 Å². The van der Waals surface area contributed by atoms with Gasteiger partial charge in [-0.2, -0.15) is 0 Å². The van der Waals surface area contributed by atoms with Gasteiger partial charge in [-0.05, 0) is 55.4 Å². The highest BCUT2D eigenvalue weighted by atomic mass is 16.5. The van der Waals surface area contributed by atoms with Gasteiger partial charge in [0.05, 0.1) is 7.11 Å². The maximum Gasteiger partial charge on any atom is 0.119 e. The lowest BCUT2D eigenvalue weighted by molar-refractivity contribution is 0.0741. The molecular formula is C16H23NO2. The van der Waals surface area contributed by atoms with E-state index in [0.29, 0.717) is 12.1 Å². The van der Waals surface area contributed by atoms with Crippen molar-refractivity contribution in [1.82, 2.24) is 5.32 Å². The van der Waals surface area contributed by atoms with Crippen LogP contribution in [0.3, 0.4) is 0 Å². The van der Waals surface area contributed by atoms with E-state index in [9.17, 15) is 0 Å². The fourth-order valence-corrected chi connectivity index (χ4v) is 3.24. The summed E-state index contributed by atoms with van der Waals surface area (Å²) in [5.41, 5.74) is 2.92. The molecule has 2 aliphatic rings. The van der Waals surface area contributed by atoms with Crippen LogP contribution in [-0.4, -0.2) is 26.4 Å². The molecule has 1 aromatic carbocycles. The molecule has 1 unspecified atom stereocenters. The van der Waals surface area contributed by atoms with Crippen molar-refractivity contribution in [1.29, 1.82) is 0 Å². The smallest absolute Gasteiger partial charge is 0.119 e. The molecule has 3 rings (SSSR count). The molecule has 19 heavy (non-hydrogen) atoms. The highest BCUT2D eigenvalue weighted by molar-refractivity contribution is 5.39. The fourth-order valence-electron chi connectivity index (χ4n) is 3.24. The zero-order chi connectivity index (χ0) is 13.1. The number of ether oxygens (including phenoxy) is 2. The van der Waals surface area contributed by atoms with Crippen LogP contribution in [-0.2, 0) is 11.2 Å². The largest absolute Gasteiger partial charge is 0.497 e. The van der Waals surface area contributed by atoms with E-state index in [4.69, 9.17) is 9.47 Å². The monoisotopic (exact) mass is 261 g/mol. The molecule has 1 atom stereocenters. The predicted molar refractivity (Wildman–Crippen MR) is 75.6 cm³/mol. The van der Waals surface area contributed by atoms with Crippen molar-refractivity contribution in [3.8, 4) is 5.75 Å². The molecule has 1 saturated heterocycles. The van der Waals surface area contributed by atoms with Crippen LogP contribution < -0.4 is 10.1 Å². The molecule has 1 fully saturated rings. The standard InChI is InChI=1S/C16H23NO2/c1-18-14-5-6-15-12(11-14)3-2-4-16(15)17-13-7-9-19-10-8-13/h5-6,11,13,16-17H,2-4,7-10H2,1H3. The molecule has 0 amide bonds.